The van der Waals surface area contributed by atoms with Crippen molar-refractivity contribution in [1.29, 1.82) is 0 Å². The van der Waals surface area contributed by atoms with Gasteiger partial charge in [0.05, 0.1) is 33.6 Å². The second-order valence-corrected chi connectivity index (χ2v) is 7.11. The van der Waals surface area contributed by atoms with Crippen molar-refractivity contribution in [2.45, 2.75) is 26.0 Å². The molecular weight excluding hydrogens is 398 g/mol. The molecule has 1 N–H and O–H groups in total. The van der Waals surface area contributed by atoms with Crippen LogP contribution in [0.1, 0.15) is 24.5 Å². The van der Waals surface area contributed by atoms with Crippen LogP contribution in [-0.2, 0) is 11.4 Å². The Morgan fingerprint density at radius 2 is 1.94 bits per heavy atom. The Morgan fingerprint density at radius 1 is 1.13 bits per heavy atom. The first-order valence-electron chi connectivity index (χ1n) is 10.2. The number of hydrogen-bond acceptors (Lipinski definition) is 6. The lowest BCUT2D eigenvalue weighted by molar-refractivity contribution is 0.0590. The lowest BCUT2D eigenvalue weighted by Crippen LogP contribution is -2.43. The van der Waals surface area contributed by atoms with Crippen molar-refractivity contribution in [1.82, 2.24) is 10.2 Å². The van der Waals surface area contributed by atoms with Crippen LogP contribution in [0.3, 0.4) is 0 Å². The van der Waals surface area contributed by atoms with Crippen LogP contribution in [0.15, 0.2) is 47.6 Å². The molecule has 31 heavy (non-hydrogen) atoms. The van der Waals surface area contributed by atoms with Crippen molar-refractivity contribution in [3.05, 3.63) is 53.6 Å². The van der Waals surface area contributed by atoms with E-state index >= 15 is 0 Å². The molecule has 0 fully saturated rings. The van der Waals surface area contributed by atoms with E-state index < -0.39 is 0 Å². The topological polar surface area (TPSA) is 81.6 Å². The number of hydrogen-bond donors (Lipinski definition) is 1. The molecule has 0 radical (unpaired) electrons. The maximum Gasteiger partial charge on any atom is 0.317 e. The highest BCUT2D eigenvalue weighted by Gasteiger charge is 2.27. The van der Waals surface area contributed by atoms with Crippen molar-refractivity contribution in [2.24, 2.45) is 5.16 Å². The Morgan fingerprint density at radius 3 is 2.65 bits per heavy atom. The highest BCUT2D eigenvalue weighted by molar-refractivity contribution is 6.01. The monoisotopic (exact) mass is 427 g/mol. The fourth-order valence-corrected chi connectivity index (χ4v) is 3.43. The molecule has 166 valence electrons. The third-order valence-electron chi connectivity index (χ3n) is 5.00. The smallest absolute Gasteiger partial charge is 0.317 e. The molecule has 1 aliphatic heterocycles. The molecule has 0 saturated heterocycles. The first kappa shape index (κ1) is 22.3. The standard InChI is InChI=1S/C23H29N3O5/c1-5-24-23(27)26(14-16-7-6-8-18(11-16)28-2)15-19-13-20(25-31-19)17-9-10-21(29-3)22(12-17)30-4/h6-12,19H,5,13-15H2,1-4H3,(H,24,27)/t19-/m1/s1. The van der Waals surface area contributed by atoms with E-state index in [2.05, 4.69) is 10.5 Å². The molecule has 8 heteroatoms. The SMILES string of the molecule is CCNC(=O)N(Cc1cccc(OC)c1)C[C@H]1CC(c2ccc(OC)c(OC)c2)=NO1. The minimum absolute atomic E-state index is 0.145. The zero-order chi connectivity index (χ0) is 22.2. The molecule has 0 aromatic heterocycles. The number of nitrogens with zero attached hydrogens (tertiary/aromatic N) is 2. The molecule has 0 unspecified atom stereocenters. The maximum atomic E-state index is 12.7. The van der Waals surface area contributed by atoms with Gasteiger partial charge in [0.15, 0.2) is 17.6 Å². The fraction of sp³-hybridized carbons (Fsp3) is 0.391. The largest absolute Gasteiger partial charge is 0.497 e. The molecule has 0 spiro atoms. The Kier molecular flexibility index (Phi) is 7.59. The number of ether oxygens (including phenoxy) is 3. The lowest BCUT2D eigenvalue weighted by atomic mass is 10.0. The van der Waals surface area contributed by atoms with Crippen LogP contribution >= 0.6 is 0 Å². The van der Waals surface area contributed by atoms with Gasteiger partial charge in [-0.25, -0.2) is 4.79 Å². The van der Waals surface area contributed by atoms with Crippen molar-refractivity contribution in [3.63, 3.8) is 0 Å². The van der Waals surface area contributed by atoms with E-state index in [1.807, 2.05) is 49.4 Å². The Balaban J connectivity index is 1.69. The number of urea groups is 1. The highest BCUT2D eigenvalue weighted by Crippen LogP contribution is 2.29. The fourth-order valence-electron chi connectivity index (χ4n) is 3.43. The van der Waals surface area contributed by atoms with Gasteiger partial charge in [0.2, 0.25) is 0 Å². The number of carbonyl (C=O) groups excluding carboxylic acids is 1. The van der Waals surface area contributed by atoms with E-state index in [-0.39, 0.29) is 12.1 Å². The first-order chi connectivity index (χ1) is 15.1. The number of carbonyl (C=O) groups is 1. The number of rotatable bonds is 9. The minimum atomic E-state index is -0.240. The summed E-state index contributed by atoms with van der Waals surface area (Å²) in [6.07, 6.45) is 0.347. The number of nitrogens with one attached hydrogen (secondary N) is 1. The number of benzene rings is 2. The molecule has 0 saturated carbocycles. The summed E-state index contributed by atoms with van der Waals surface area (Å²) in [7, 11) is 4.82. The second kappa shape index (κ2) is 10.6. The van der Waals surface area contributed by atoms with Gasteiger partial charge >= 0.3 is 6.03 Å². The Bertz CT molecular complexity index is 931. The summed E-state index contributed by atoms with van der Waals surface area (Å²) in [5.74, 6) is 2.04. The second-order valence-electron chi connectivity index (χ2n) is 7.11. The molecular formula is C23H29N3O5. The van der Waals surface area contributed by atoms with Crippen LogP contribution in [0, 0.1) is 0 Å². The van der Waals surface area contributed by atoms with Crippen LogP contribution < -0.4 is 19.5 Å². The van der Waals surface area contributed by atoms with Crippen LogP contribution in [0.5, 0.6) is 17.2 Å². The predicted molar refractivity (Wildman–Crippen MR) is 118 cm³/mol. The molecule has 1 heterocycles. The summed E-state index contributed by atoms with van der Waals surface area (Å²) >= 11 is 0. The van der Waals surface area contributed by atoms with Crippen LogP contribution in [0.2, 0.25) is 0 Å². The Hall–Kier alpha value is -3.42. The predicted octanol–water partition coefficient (Wildman–Crippen LogP) is 3.44. The molecule has 1 atom stereocenters. The van der Waals surface area contributed by atoms with Gasteiger partial charge in [-0.05, 0) is 42.8 Å². The molecule has 2 aromatic carbocycles. The van der Waals surface area contributed by atoms with Crippen molar-refractivity contribution in [2.75, 3.05) is 34.4 Å². The van der Waals surface area contributed by atoms with Gasteiger partial charge in [0.1, 0.15) is 5.75 Å². The van der Waals surface area contributed by atoms with Crippen molar-refractivity contribution < 1.29 is 23.8 Å². The molecule has 3 rings (SSSR count). The van der Waals surface area contributed by atoms with Gasteiger partial charge in [0, 0.05) is 25.1 Å². The van der Waals surface area contributed by atoms with Crippen LogP contribution in [0.4, 0.5) is 4.79 Å². The highest BCUT2D eigenvalue weighted by atomic mass is 16.6. The minimum Gasteiger partial charge on any atom is -0.497 e. The van der Waals surface area contributed by atoms with Gasteiger partial charge in [-0.2, -0.15) is 0 Å². The summed E-state index contributed by atoms with van der Waals surface area (Å²) in [6.45, 7) is 3.29. The number of amides is 2. The van der Waals surface area contributed by atoms with Gasteiger partial charge in [-0.3, -0.25) is 0 Å². The number of methoxy groups -OCH3 is 3. The van der Waals surface area contributed by atoms with E-state index in [0.717, 1.165) is 22.6 Å². The zero-order valence-electron chi connectivity index (χ0n) is 18.4. The third-order valence-corrected chi connectivity index (χ3v) is 5.00. The third kappa shape index (κ3) is 5.59. The summed E-state index contributed by atoms with van der Waals surface area (Å²) < 4.78 is 16.0. The first-order valence-corrected chi connectivity index (χ1v) is 10.2. The molecule has 0 bridgehead atoms. The van der Waals surface area contributed by atoms with E-state index in [1.54, 1.807) is 26.2 Å². The van der Waals surface area contributed by atoms with Gasteiger partial charge < -0.3 is 29.3 Å². The normalized spacial score (nSPS) is 15.0. The van der Waals surface area contributed by atoms with Gasteiger partial charge in [-0.1, -0.05) is 17.3 Å². The maximum absolute atomic E-state index is 12.7. The summed E-state index contributed by atoms with van der Waals surface area (Å²) in [5, 5.41) is 7.12. The summed E-state index contributed by atoms with van der Waals surface area (Å²) in [5.41, 5.74) is 2.69. The molecule has 2 amide bonds. The van der Waals surface area contributed by atoms with E-state index in [4.69, 9.17) is 19.0 Å². The van der Waals surface area contributed by atoms with Crippen molar-refractivity contribution in [3.8, 4) is 17.2 Å². The van der Waals surface area contributed by atoms with Gasteiger partial charge in [-0.15, -0.1) is 0 Å². The van der Waals surface area contributed by atoms with E-state index in [0.29, 0.717) is 37.6 Å². The average Bonchev–Trinajstić information content (AvgIpc) is 3.27. The number of oxime groups is 1. The lowest BCUT2D eigenvalue weighted by Gasteiger charge is -2.25. The summed E-state index contributed by atoms with van der Waals surface area (Å²) in [6, 6.07) is 13.2. The molecule has 0 aliphatic carbocycles. The quantitative estimate of drug-likeness (QED) is 0.663. The Labute approximate surface area is 182 Å². The molecule has 2 aromatic rings. The van der Waals surface area contributed by atoms with Gasteiger partial charge in [0.25, 0.3) is 0 Å². The zero-order valence-corrected chi connectivity index (χ0v) is 18.4. The molecule has 8 nitrogen and oxygen atoms in total. The van der Waals surface area contributed by atoms with E-state index in [9.17, 15) is 4.79 Å². The molecule has 1 aliphatic rings. The van der Waals surface area contributed by atoms with Crippen molar-refractivity contribution >= 4 is 11.7 Å². The van der Waals surface area contributed by atoms with E-state index in [1.165, 1.54) is 0 Å². The average molecular weight is 428 g/mol. The van der Waals surface area contributed by atoms with Crippen LogP contribution in [-0.4, -0.2) is 57.2 Å². The van der Waals surface area contributed by atoms with Crippen LogP contribution in [0.25, 0.3) is 0 Å². The summed E-state index contributed by atoms with van der Waals surface area (Å²) in [4.78, 5) is 20.0.